The first-order chi connectivity index (χ1) is 8.99. The van der Waals surface area contributed by atoms with E-state index in [2.05, 4.69) is 20.1 Å². The van der Waals surface area contributed by atoms with Gasteiger partial charge in [-0.3, -0.25) is 0 Å². The first-order valence-electron chi connectivity index (χ1n) is 6.30. The molecule has 2 aromatic rings. The molecular formula is C13H18N4O2. The van der Waals surface area contributed by atoms with Gasteiger partial charge in [-0.15, -0.1) is 0 Å². The summed E-state index contributed by atoms with van der Waals surface area (Å²) in [7, 11) is 0. The van der Waals surface area contributed by atoms with E-state index in [1.165, 1.54) is 0 Å². The molecule has 102 valence electrons. The van der Waals surface area contributed by atoms with E-state index in [1.807, 2.05) is 13.8 Å². The largest absolute Gasteiger partial charge is 0.393 e. The van der Waals surface area contributed by atoms with Gasteiger partial charge in [-0.1, -0.05) is 19.0 Å². The maximum Gasteiger partial charge on any atom is 0.232 e. The number of aliphatic hydroxyl groups excluding tert-OH is 1. The summed E-state index contributed by atoms with van der Waals surface area (Å²) in [6, 6.07) is 1.73. The molecule has 2 heterocycles. The highest BCUT2D eigenvalue weighted by atomic mass is 16.5. The molecule has 2 aromatic heterocycles. The van der Waals surface area contributed by atoms with Gasteiger partial charge in [0.05, 0.1) is 12.0 Å². The predicted octanol–water partition coefficient (Wildman–Crippen LogP) is 1.96. The molecule has 6 heteroatoms. The van der Waals surface area contributed by atoms with Crippen molar-refractivity contribution < 1.29 is 9.63 Å². The number of rotatable bonds is 4. The van der Waals surface area contributed by atoms with E-state index in [-0.39, 0.29) is 11.8 Å². The summed E-state index contributed by atoms with van der Waals surface area (Å²) in [6.45, 7) is 7.55. The number of hydrogen-bond acceptors (Lipinski definition) is 6. The van der Waals surface area contributed by atoms with E-state index in [0.717, 1.165) is 0 Å². The molecule has 1 N–H and O–H groups in total. The number of aromatic nitrogens is 4. The van der Waals surface area contributed by atoms with Crippen LogP contribution in [0.25, 0.3) is 11.5 Å². The van der Waals surface area contributed by atoms with Crippen molar-refractivity contribution in [3.05, 3.63) is 24.0 Å². The molecular weight excluding hydrogens is 244 g/mol. The Bertz CT molecular complexity index is 543. The maximum atomic E-state index is 9.81. The smallest absolute Gasteiger partial charge is 0.232 e. The van der Waals surface area contributed by atoms with Crippen LogP contribution in [0.1, 0.15) is 38.4 Å². The second kappa shape index (κ2) is 5.44. The second-order valence-corrected chi connectivity index (χ2v) is 4.96. The molecule has 2 atom stereocenters. The maximum absolute atomic E-state index is 9.81. The summed E-state index contributed by atoms with van der Waals surface area (Å²) in [5, 5.41) is 13.7. The Hall–Kier alpha value is -1.82. The fourth-order valence-corrected chi connectivity index (χ4v) is 2.10. The monoisotopic (exact) mass is 262 g/mol. The minimum Gasteiger partial charge on any atom is -0.393 e. The van der Waals surface area contributed by atoms with Crippen molar-refractivity contribution in [1.82, 2.24) is 20.1 Å². The fourth-order valence-electron chi connectivity index (χ4n) is 2.10. The zero-order chi connectivity index (χ0) is 14.0. The molecule has 0 saturated carbocycles. The van der Waals surface area contributed by atoms with Gasteiger partial charge in [0.1, 0.15) is 11.5 Å². The lowest BCUT2D eigenvalue weighted by molar-refractivity contribution is 0.120. The van der Waals surface area contributed by atoms with Crippen molar-refractivity contribution in [3.8, 4) is 11.5 Å². The summed E-state index contributed by atoms with van der Waals surface area (Å²) < 4.78 is 5.26. The molecule has 0 radical (unpaired) electrons. The topological polar surface area (TPSA) is 84.9 Å². The Balaban J connectivity index is 2.33. The van der Waals surface area contributed by atoms with Gasteiger partial charge >= 0.3 is 0 Å². The molecule has 0 aliphatic rings. The Labute approximate surface area is 111 Å². The third-order valence-corrected chi connectivity index (χ3v) is 2.97. The van der Waals surface area contributed by atoms with Crippen LogP contribution in [0.4, 0.5) is 0 Å². The summed E-state index contributed by atoms with van der Waals surface area (Å²) in [6.07, 6.45) is 1.11. The van der Waals surface area contributed by atoms with Crippen LogP contribution in [0.3, 0.4) is 0 Å². The average Bonchev–Trinajstić information content (AvgIpc) is 2.77. The summed E-state index contributed by atoms with van der Waals surface area (Å²) in [5.41, 5.74) is 0.621. The first kappa shape index (κ1) is 13.6. The lowest BCUT2D eigenvalue weighted by atomic mass is 9.91. The molecule has 0 bridgehead atoms. The van der Waals surface area contributed by atoms with Crippen LogP contribution < -0.4 is 0 Å². The molecule has 0 aromatic carbocycles. The summed E-state index contributed by atoms with van der Waals surface area (Å²) >= 11 is 0. The van der Waals surface area contributed by atoms with Crippen LogP contribution in [0.5, 0.6) is 0 Å². The van der Waals surface area contributed by atoms with E-state index in [4.69, 9.17) is 4.52 Å². The van der Waals surface area contributed by atoms with Crippen LogP contribution in [-0.4, -0.2) is 31.3 Å². The standard InChI is InChI=1S/C13H18N4O2/c1-7(2)11(8(3)18)13-16-12(17-19-13)10-5-6-14-9(4)15-10/h5-8,11,18H,1-4H3. The minimum atomic E-state index is -0.541. The minimum absolute atomic E-state index is 0.177. The molecule has 0 aliphatic carbocycles. The molecule has 0 saturated heterocycles. The molecule has 2 unspecified atom stereocenters. The average molecular weight is 262 g/mol. The van der Waals surface area contributed by atoms with Crippen LogP contribution in [0.15, 0.2) is 16.8 Å². The molecule has 0 amide bonds. The molecule has 6 nitrogen and oxygen atoms in total. The lowest BCUT2D eigenvalue weighted by Crippen LogP contribution is -2.20. The second-order valence-electron chi connectivity index (χ2n) is 4.96. The van der Waals surface area contributed by atoms with Crippen molar-refractivity contribution in [2.24, 2.45) is 5.92 Å². The highest BCUT2D eigenvalue weighted by Gasteiger charge is 2.27. The van der Waals surface area contributed by atoms with Crippen LogP contribution >= 0.6 is 0 Å². The molecule has 19 heavy (non-hydrogen) atoms. The molecule has 2 rings (SSSR count). The van der Waals surface area contributed by atoms with Gasteiger partial charge in [-0.25, -0.2) is 9.97 Å². The predicted molar refractivity (Wildman–Crippen MR) is 69.3 cm³/mol. The third-order valence-electron chi connectivity index (χ3n) is 2.97. The van der Waals surface area contributed by atoms with Crippen molar-refractivity contribution in [3.63, 3.8) is 0 Å². The zero-order valence-electron chi connectivity index (χ0n) is 11.5. The number of hydrogen-bond donors (Lipinski definition) is 1. The highest BCUT2D eigenvalue weighted by Crippen LogP contribution is 2.27. The van der Waals surface area contributed by atoms with E-state index >= 15 is 0 Å². The lowest BCUT2D eigenvalue weighted by Gasteiger charge is -2.19. The van der Waals surface area contributed by atoms with Gasteiger partial charge in [0.25, 0.3) is 0 Å². The third kappa shape index (κ3) is 2.96. The quantitative estimate of drug-likeness (QED) is 0.906. The Morgan fingerprint density at radius 3 is 2.53 bits per heavy atom. The number of aryl methyl sites for hydroxylation is 1. The van der Waals surface area contributed by atoms with Gasteiger partial charge in [-0.05, 0) is 25.8 Å². The van der Waals surface area contributed by atoms with Gasteiger partial charge in [0.15, 0.2) is 0 Å². The van der Waals surface area contributed by atoms with Gasteiger partial charge < -0.3 is 9.63 Å². The van der Waals surface area contributed by atoms with Crippen molar-refractivity contribution in [2.45, 2.75) is 39.7 Å². The molecule has 0 fully saturated rings. The van der Waals surface area contributed by atoms with Crippen molar-refractivity contribution in [2.75, 3.05) is 0 Å². The number of nitrogens with zero attached hydrogens (tertiary/aromatic N) is 4. The Kier molecular flexibility index (Phi) is 3.90. The van der Waals surface area contributed by atoms with E-state index in [9.17, 15) is 5.11 Å². The Morgan fingerprint density at radius 1 is 1.21 bits per heavy atom. The Morgan fingerprint density at radius 2 is 1.95 bits per heavy atom. The van der Waals surface area contributed by atoms with Gasteiger partial charge in [0, 0.05) is 6.20 Å². The van der Waals surface area contributed by atoms with Crippen LogP contribution in [-0.2, 0) is 0 Å². The van der Waals surface area contributed by atoms with E-state index < -0.39 is 6.10 Å². The van der Waals surface area contributed by atoms with Crippen molar-refractivity contribution in [1.29, 1.82) is 0 Å². The van der Waals surface area contributed by atoms with Crippen LogP contribution in [0, 0.1) is 12.8 Å². The van der Waals surface area contributed by atoms with E-state index in [1.54, 1.807) is 26.1 Å². The normalized spacial score (nSPS) is 14.6. The van der Waals surface area contributed by atoms with E-state index in [0.29, 0.717) is 23.2 Å². The first-order valence-corrected chi connectivity index (χ1v) is 6.30. The summed E-state index contributed by atoms with van der Waals surface area (Å²) in [5.74, 6) is 1.55. The van der Waals surface area contributed by atoms with Gasteiger partial charge in [-0.2, -0.15) is 4.98 Å². The van der Waals surface area contributed by atoms with Crippen LogP contribution in [0.2, 0.25) is 0 Å². The van der Waals surface area contributed by atoms with Crippen molar-refractivity contribution >= 4 is 0 Å². The zero-order valence-corrected chi connectivity index (χ0v) is 11.5. The molecule has 0 spiro atoms. The summed E-state index contributed by atoms with van der Waals surface area (Å²) in [4.78, 5) is 12.6. The number of aliphatic hydroxyl groups is 1. The fraction of sp³-hybridized carbons (Fsp3) is 0.538. The molecule has 0 aliphatic heterocycles. The SMILES string of the molecule is Cc1nccc(-c2noc(C(C(C)C)C(C)O)n2)n1. The highest BCUT2D eigenvalue weighted by molar-refractivity contribution is 5.47. The van der Waals surface area contributed by atoms with Gasteiger partial charge in [0.2, 0.25) is 11.7 Å².